The molecule has 16 heavy (non-hydrogen) atoms. The van der Waals surface area contributed by atoms with E-state index in [1.165, 1.54) is 6.07 Å². The molecule has 1 rings (SSSR count). The number of hydrogen-bond donors (Lipinski definition) is 2. The zero-order valence-electron chi connectivity index (χ0n) is 9.29. The molecule has 1 aromatic rings. The topological polar surface area (TPSA) is 55.5 Å². The first kappa shape index (κ1) is 12.9. The van der Waals surface area contributed by atoms with Crippen molar-refractivity contribution in [3.8, 4) is 5.75 Å². The molecule has 0 aliphatic heterocycles. The Labute approximate surface area is 95.0 Å². The van der Waals surface area contributed by atoms with Crippen LogP contribution in [0.25, 0.3) is 0 Å². The third-order valence-electron chi connectivity index (χ3n) is 2.32. The lowest BCUT2D eigenvalue weighted by atomic mass is 10.2. The molecule has 0 unspecified atom stereocenters. The molecule has 0 aliphatic rings. The van der Waals surface area contributed by atoms with Gasteiger partial charge >= 0.3 is 0 Å². The normalized spacial score (nSPS) is 10.4. The lowest BCUT2D eigenvalue weighted by molar-refractivity contribution is 0.265. The maximum absolute atomic E-state index is 13.3. The summed E-state index contributed by atoms with van der Waals surface area (Å²) in [7, 11) is 0. The molecular formula is C12H18FNO2. The van der Waals surface area contributed by atoms with E-state index in [0.717, 1.165) is 19.3 Å². The molecule has 1 aromatic carbocycles. The van der Waals surface area contributed by atoms with E-state index in [2.05, 4.69) is 0 Å². The summed E-state index contributed by atoms with van der Waals surface area (Å²) < 4.78 is 18.7. The Hall–Kier alpha value is -1.13. The van der Waals surface area contributed by atoms with E-state index in [1.807, 2.05) is 0 Å². The fourth-order valence-electron chi connectivity index (χ4n) is 1.36. The number of aliphatic hydroxyl groups excluding tert-OH is 1. The molecule has 0 saturated heterocycles. The van der Waals surface area contributed by atoms with E-state index in [-0.39, 0.29) is 19.0 Å². The summed E-state index contributed by atoms with van der Waals surface area (Å²) in [5.41, 5.74) is 5.84. The van der Waals surface area contributed by atoms with Gasteiger partial charge in [0.05, 0.1) is 6.61 Å². The Bertz CT molecular complexity index is 318. The highest BCUT2D eigenvalue weighted by Gasteiger charge is 2.02. The van der Waals surface area contributed by atoms with Crippen molar-refractivity contribution in [3.63, 3.8) is 0 Å². The summed E-state index contributed by atoms with van der Waals surface area (Å²) >= 11 is 0. The average Bonchev–Trinajstić information content (AvgIpc) is 2.29. The molecule has 0 fully saturated rings. The van der Waals surface area contributed by atoms with Crippen LogP contribution in [0.3, 0.4) is 0 Å². The monoisotopic (exact) mass is 227 g/mol. The van der Waals surface area contributed by atoms with Gasteiger partial charge in [-0.1, -0.05) is 6.07 Å². The van der Waals surface area contributed by atoms with Crippen LogP contribution in [-0.4, -0.2) is 18.3 Å². The molecular weight excluding hydrogens is 209 g/mol. The van der Waals surface area contributed by atoms with Crippen LogP contribution in [-0.2, 0) is 6.54 Å². The van der Waals surface area contributed by atoms with E-state index in [1.54, 1.807) is 12.1 Å². The second-order valence-corrected chi connectivity index (χ2v) is 3.59. The maximum atomic E-state index is 13.3. The number of nitrogens with two attached hydrogens (primary N) is 1. The van der Waals surface area contributed by atoms with Crippen LogP contribution >= 0.6 is 0 Å². The fourth-order valence-corrected chi connectivity index (χ4v) is 1.36. The predicted molar refractivity (Wildman–Crippen MR) is 60.7 cm³/mol. The van der Waals surface area contributed by atoms with E-state index in [4.69, 9.17) is 15.6 Å². The van der Waals surface area contributed by atoms with Gasteiger partial charge in [0.15, 0.2) is 0 Å². The molecule has 0 radical (unpaired) electrons. The number of aliphatic hydroxyl groups is 1. The minimum Gasteiger partial charge on any atom is -0.493 e. The Morgan fingerprint density at radius 2 is 2.06 bits per heavy atom. The van der Waals surface area contributed by atoms with E-state index < -0.39 is 0 Å². The second kappa shape index (κ2) is 7.19. The molecule has 3 N–H and O–H groups in total. The number of benzene rings is 1. The van der Waals surface area contributed by atoms with Crippen LogP contribution in [0, 0.1) is 5.82 Å². The quantitative estimate of drug-likeness (QED) is 0.699. The van der Waals surface area contributed by atoms with Gasteiger partial charge < -0.3 is 15.6 Å². The third kappa shape index (κ3) is 4.16. The van der Waals surface area contributed by atoms with Crippen LogP contribution < -0.4 is 10.5 Å². The van der Waals surface area contributed by atoms with Crippen molar-refractivity contribution < 1.29 is 14.2 Å². The van der Waals surface area contributed by atoms with Crippen LogP contribution in [0.1, 0.15) is 24.8 Å². The summed E-state index contributed by atoms with van der Waals surface area (Å²) in [5.74, 6) is 0.203. The number of ether oxygens (including phenoxy) is 1. The first-order valence-electron chi connectivity index (χ1n) is 5.50. The van der Waals surface area contributed by atoms with Gasteiger partial charge in [-0.3, -0.25) is 0 Å². The Morgan fingerprint density at radius 1 is 1.25 bits per heavy atom. The van der Waals surface area contributed by atoms with Crippen molar-refractivity contribution in [2.45, 2.75) is 25.8 Å². The van der Waals surface area contributed by atoms with Gasteiger partial charge in [-0.25, -0.2) is 4.39 Å². The van der Waals surface area contributed by atoms with E-state index >= 15 is 0 Å². The summed E-state index contributed by atoms with van der Waals surface area (Å²) in [6.07, 6.45) is 2.56. The van der Waals surface area contributed by atoms with Crippen molar-refractivity contribution in [1.29, 1.82) is 0 Å². The molecule has 0 spiro atoms. The van der Waals surface area contributed by atoms with Gasteiger partial charge in [-0.05, 0) is 25.3 Å². The van der Waals surface area contributed by atoms with Crippen molar-refractivity contribution in [2.24, 2.45) is 5.73 Å². The van der Waals surface area contributed by atoms with Gasteiger partial charge in [0, 0.05) is 24.8 Å². The summed E-state index contributed by atoms with van der Waals surface area (Å²) in [5, 5.41) is 8.57. The second-order valence-electron chi connectivity index (χ2n) is 3.59. The molecule has 0 amide bonds. The van der Waals surface area contributed by atoms with Crippen LogP contribution in [0.2, 0.25) is 0 Å². The molecule has 0 saturated carbocycles. The minimum atomic E-state index is -0.324. The Balaban J connectivity index is 2.34. The standard InChI is InChI=1S/C12H18FNO2/c13-12-8-11(5-4-10(12)9-14)16-7-3-1-2-6-15/h4-5,8,15H,1-3,6-7,9,14H2. The van der Waals surface area contributed by atoms with E-state index in [9.17, 15) is 4.39 Å². The SMILES string of the molecule is NCc1ccc(OCCCCCO)cc1F. The smallest absolute Gasteiger partial charge is 0.131 e. The Kier molecular flexibility index (Phi) is 5.82. The predicted octanol–water partition coefficient (Wildman–Crippen LogP) is 1.83. The summed E-state index contributed by atoms with van der Waals surface area (Å²) in [6.45, 7) is 0.948. The van der Waals surface area contributed by atoms with Crippen LogP contribution in [0.4, 0.5) is 4.39 Å². The molecule has 0 atom stereocenters. The molecule has 0 aromatic heterocycles. The highest BCUT2D eigenvalue weighted by atomic mass is 19.1. The zero-order chi connectivity index (χ0) is 11.8. The largest absolute Gasteiger partial charge is 0.493 e. The van der Waals surface area contributed by atoms with Gasteiger partial charge in [0.2, 0.25) is 0 Å². The number of unbranched alkanes of at least 4 members (excludes halogenated alkanes) is 2. The summed E-state index contributed by atoms with van der Waals surface area (Å²) in [6, 6.07) is 4.71. The molecule has 0 heterocycles. The van der Waals surface area contributed by atoms with Crippen molar-refractivity contribution >= 4 is 0 Å². The van der Waals surface area contributed by atoms with Gasteiger partial charge in [0.1, 0.15) is 11.6 Å². The van der Waals surface area contributed by atoms with Crippen molar-refractivity contribution in [3.05, 3.63) is 29.6 Å². The van der Waals surface area contributed by atoms with Gasteiger partial charge in [-0.15, -0.1) is 0 Å². The first-order chi connectivity index (χ1) is 7.77. The highest BCUT2D eigenvalue weighted by molar-refractivity contribution is 5.28. The van der Waals surface area contributed by atoms with Gasteiger partial charge in [-0.2, -0.15) is 0 Å². The number of hydrogen-bond acceptors (Lipinski definition) is 3. The molecule has 0 aliphatic carbocycles. The fraction of sp³-hybridized carbons (Fsp3) is 0.500. The lowest BCUT2D eigenvalue weighted by Gasteiger charge is -2.07. The Morgan fingerprint density at radius 3 is 2.69 bits per heavy atom. The number of halogens is 1. The third-order valence-corrected chi connectivity index (χ3v) is 2.32. The van der Waals surface area contributed by atoms with Crippen LogP contribution in [0.15, 0.2) is 18.2 Å². The van der Waals surface area contributed by atoms with E-state index in [0.29, 0.717) is 17.9 Å². The van der Waals surface area contributed by atoms with Gasteiger partial charge in [0.25, 0.3) is 0 Å². The highest BCUT2D eigenvalue weighted by Crippen LogP contribution is 2.16. The lowest BCUT2D eigenvalue weighted by Crippen LogP contribution is -2.02. The molecule has 4 heteroatoms. The molecule has 3 nitrogen and oxygen atoms in total. The number of rotatable bonds is 7. The first-order valence-corrected chi connectivity index (χ1v) is 5.50. The molecule has 0 bridgehead atoms. The zero-order valence-corrected chi connectivity index (χ0v) is 9.29. The van der Waals surface area contributed by atoms with Crippen molar-refractivity contribution in [1.82, 2.24) is 0 Å². The minimum absolute atomic E-state index is 0.197. The van der Waals surface area contributed by atoms with Crippen LogP contribution in [0.5, 0.6) is 5.75 Å². The summed E-state index contributed by atoms with van der Waals surface area (Å²) in [4.78, 5) is 0. The molecule has 90 valence electrons. The average molecular weight is 227 g/mol. The van der Waals surface area contributed by atoms with Crippen molar-refractivity contribution in [2.75, 3.05) is 13.2 Å². The maximum Gasteiger partial charge on any atom is 0.131 e.